The van der Waals surface area contributed by atoms with Crippen molar-refractivity contribution >= 4 is 39.6 Å². The van der Waals surface area contributed by atoms with Crippen LogP contribution in [-0.4, -0.2) is 17.3 Å². The summed E-state index contributed by atoms with van der Waals surface area (Å²) in [6.07, 6.45) is 0. The molecule has 6 unspecified atom stereocenters. The zero-order valence-corrected chi connectivity index (χ0v) is 35.2. The summed E-state index contributed by atoms with van der Waals surface area (Å²) in [4.78, 5) is 42.8. The first kappa shape index (κ1) is 39.0. The van der Waals surface area contributed by atoms with Crippen LogP contribution in [0, 0.1) is 22.2 Å². The Balaban J connectivity index is 0.000000194. The lowest BCUT2D eigenvalue weighted by Gasteiger charge is -2.56. The molecular weight excluding hydrogens is 733 g/mol. The van der Waals surface area contributed by atoms with Gasteiger partial charge in [0.15, 0.2) is 11.6 Å². The first-order valence-electron chi connectivity index (χ1n) is 21.1. The normalized spacial score (nSPS) is 28.0. The van der Waals surface area contributed by atoms with Gasteiger partial charge in [0.25, 0.3) is 0 Å². The fourth-order valence-electron chi connectivity index (χ4n) is 12.6. The molecule has 2 saturated carbocycles. The van der Waals surface area contributed by atoms with E-state index >= 15 is 4.79 Å². The molecule has 0 N–H and O–H groups in total. The van der Waals surface area contributed by atoms with E-state index in [2.05, 4.69) is 137 Å². The Hall–Kier alpha value is -6.45. The Kier molecular flexibility index (Phi) is 9.35. The molecule has 2 bridgehead atoms. The van der Waals surface area contributed by atoms with E-state index in [1.54, 1.807) is 0 Å². The average Bonchev–Trinajstić information content (AvgIpc) is 3.77. The molecule has 0 saturated heterocycles. The Labute approximate surface area is 354 Å². The maximum atomic E-state index is 15.4. The molecule has 6 aromatic rings. The van der Waals surface area contributed by atoms with Gasteiger partial charge in [-0.05, 0) is 83.4 Å². The number of Topliss-reactive ketones (excluding diaryl/α,β-unsaturated/α-hetero) is 3. The Morgan fingerprint density at radius 3 is 1.20 bits per heavy atom. The highest BCUT2D eigenvalue weighted by Gasteiger charge is 2.90. The number of hydrogen-bond donors (Lipinski definition) is 0. The molecule has 10 rings (SSSR count). The SMILES string of the molecule is CC1=C(c2ccccc2)C(c2ccccc2)=C(C)C1=O.CC1C(=O)C2(C)C3(C)C(=O)C(C)(C(c4ccccc4)=C3c3ccccc3)C2(c2ccccc2)C1c1ccccc1. The van der Waals surface area contributed by atoms with E-state index in [9.17, 15) is 9.59 Å². The van der Waals surface area contributed by atoms with E-state index in [4.69, 9.17) is 0 Å². The van der Waals surface area contributed by atoms with Crippen LogP contribution in [0.2, 0.25) is 0 Å². The summed E-state index contributed by atoms with van der Waals surface area (Å²) in [6, 6.07) is 61.9. The van der Waals surface area contributed by atoms with Crippen molar-refractivity contribution in [2.45, 2.75) is 52.9 Å². The molecular formula is C57H50O3. The molecule has 3 heteroatoms. The molecule has 6 aromatic carbocycles. The van der Waals surface area contributed by atoms with Crippen LogP contribution in [0.5, 0.6) is 0 Å². The highest BCUT2D eigenvalue weighted by molar-refractivity contribution is 6.31. The third kappa shape index (κ3) is 4.99. The number of hydrogen-bond acceptors (Lipinski definition) is 3. The molecule has 2 fully saturated rings. The van der Waals surface area contributed by atoms with Crippen molar-refractivity contribution in [1.29, 1.82) is 0 Å². The first-order valence-corrected chi connectivity index (χ1v) is 21.1. The van der Waals surface area contributed by atoms with Crippen molar-refractivity contribution in [3.05, 3.63) is 227 Å². The van der Waals surface area contributed by atoms with Gasteiger partial charge in [-0.2, -0.15) is 0 Å². The highest BCUT2D eigenvalue weighted by Crippen LogP contribution is 2.87. The van der Waals surface area contributed by atoms with Gasteiger partial charge in [0.1, 0.15) is 5.78 Å². The van der Waals surface area contributed by atoms with Gasteiger partial charge in [0.2, 0.25) is 0 Å². The minimum absolute atomic E-state index is 0.155. The highest BCUT2D eigenvalue weighted by atomic mass is 16.1. The predicted molar refractivity (Wildman–Crippen MR) is 244 cm³/mol. The largest absolute Gasteiger partial charge is 0.299 e. The van der Waals surface area contributed by atoms with Crippen molar-refractivity contribution in [2.24, 2.45) is 22.2 Å². The summed E-state index contributed by atoms with van der Waals surface area (Å²) >= 11 is 0. The van der Waals surface area contributed by atoms with Crippen LogP contribution >= 0.6 is 0 Å². The van der Waals surface area contributed by atoms with Gasteiger partial charge in [-0.1, -0.05) is 196 Å². The quantitative estimate of drug-likeness (QED) is 0.169. The summed E-state index contributed by atoms with van der Waals surface area (Å²) in [6.45, 7) is 12.3. The summed E-state index contributed by atoms with van der Waals surface area (Å²) in [7, 11) is 0. The number of allylic oxidation sites excluding steroid dienone is 6. The zero-order valence-electron chi connectivity index (χ0n) is 35.2. The van der Waals surface area contributed by atoms with Crippen LogP contribution in [0.3, 0.4) is 0 Å². The molecule has 0 aliphatic heterocycles. The van der Waals surface area contributed by atoms with E-state index in [0.29, 0.717) is 0 Å². The van der Waals surface area contributed by atoms with Crippen molar-refractivity contribution in [2.75, 3.05) is 0 Å². The second kappa shape index (κ2) is 14.4. The van der Waals surface area contributed by atoms with Crippen molar-refractivity contribution in [3.8, 4) is 0 Å². The van der Waals surface area contributed by atoms with Crippen LogP contribution in [0.25, 0.3) is 22.3 Å². The van der Waals surface area contributed by atoms with E-state index in [-0.39, 0.29) is 29.2 Å². The van der Waals surface area contributed by atoms with Crippen molar-refractivity contribution < 1.29 is 14.4 Å². The van der Waals surface area contributed by atoms with Crippen LogP contribution in [0.4, 0.5) is 0 Å². The topological polar surface area (TPSA) is 51.2 Å². The lowest BCUT2D eigenvalue weighted by molar-refractivity contribution is -0.137. The Morgan fingerprint density at radius 2 is 0.783 bits per heavy atom. The minimum Gasteiger partial charge on any atom is -0.299 e. The van der Waals surface area contributed by atoms with Crippen LogP contribution in [-0.2, 0) is 19.8 Å². The second-order valence-electron chi connectivity index (χ2n) is 17.5. The van der Waals surface area contributed by atoms with Crippen molar-refractivity contribution in [1.82, 2.24) is 0 Å². The average molecular weight is 783 g/mol. The molecule has 6 atom stereocenters. The van der Waals surface area contributed by atoms with Gasteiger partial charge in [0.05, 0.1) is 16.2 Å². The fraction of sp³-hybridized carbons (Fsp3) is 0.211. The smallest absolute Gasteiger partial charge is 0.185 e. The molecule has 296 valence electrons. The molecule has 0 spiro atoms. The van der Waals surface area contributed by atoms with Crippen LogP contribution in [0.15, 0.2) is 193 Å². The summed E-state index contributed by atoms with van der Waals surface area (Å²) < 4.78 is 0. The van der Waals surface area contributed by atoms with Gasteiger partial charge in [-0.15, -0.1) is 0 Å². The fourth-order valence-corrected chi connectivity index (χ4v) is 12.6. The van der Waals surface area contributed by atoms with Gasteiger partial charge in [-0.25, -0.2) is 0 Å². The maximum absolute atomic E-state index is 15.4. The monoisotopic (exact) mass is 782 g/mol. The standard InChI is InChI=1S/C38H34O2.C19H16O/c1-25-30(26-17-9-5-10-18-26)38(29-23-15-8-16-24-29)36(3)32(28-21-13-7-14-22-28)31(27-19-11-6-12-20-27)35(2,34(36)40)37(38,4)33(25)39;1-13-17(15-9-5-3-6-10-15)18(14(2)19(13)20)16-11-7-4-8-12-16/h5-25,30H,1-4H3;3-12H,1-2H3. The molecule has 0 aromatic heterocycles. The molecule has 0 radical (unpaired) electrons. The summed E-state index contributed by atoms with van der Waals surface area (Å²) in [5.41, 5.74) is 8.66. The van der Waals surface area contributed by atoms with E-state index < -0.39 is 21.7 Å². The van der Waals surface area contributed by atoms with Gasteiger partial charge in [-0.3, -0.25) is 14.4 Å². The van der Waals surface area contributed by atoms with E-state index in [0.717, 1.165) is 66.8 Å². The first-order chi connectivity index (χ1) is 29.0. The van der Waals surface area contributed by atoms with Crippen molar-refractivity contribution in [3.63, 3.8) is 0 Å². The van der Waals surface area contributed by atoms with Crippen LogP contribution in [0.1, 0.15) is 80.8 Å². The number of benzene rings is 6. The number of fused-ring (bicyclic) bond motifs is 5. The van der Waals surface area contributed by atoms with Gasteiger partial charge < -0.3 is 0 Å². The molecule has 60 heavy (non-hydrogen) atoms. The molecule has 4 aliphatic carbocycles. The maximum Gasteiger partial charge on any atom is 0.185 e. The Morgan fingerprint density at radius 1 is 0.433 bits per heavy atom. The van der Waals surface area contributed by atoms with E-state index in [1.165, 1.54) is 0 Å². The summed E-state index contributed by atoms with van der Waals surface area (Å²) in [5.74, 6) is 0.0742. The lowest BCUT2D eigenvalue weighted by Crippen LogP contribution is -2.56. The minimum atomic E-state index is -1.01. The second-order valence-corrected chi connectivity index (χ2v) is 17.5. The van der Waals surface area contributed by atoms with Crippen LogP contribution < -0.4 is 0 Å². The predicted octanol–water partition coefficient (Wildman–Crippen LogP) is 12.7. The molecule has 4 aliphatic rings. The lowest BCUT2D eigenvalue weighted by atomic mass is 9.43. The molecule has 0 amide bonds. The zero-order chi connectivity index (χ0) is 42.0. The number of ketones is 3. The number of rotatable bonds is 6. The van der Waals surface area contributed by atoms with E-state index in [1.807, 2.05) is 86.6 Å². The third-order valence-electron chi connectivity index (χ3n) is 14.9. The summed E-state index contributed by atoms with van der Waals surface area (Å²) in [5, 5.41) is 0. The Bertz CT molecular complexity index is 2690. The molecule has 0 heterocycles. The van der Waals surface area contributed by atoms with Gasteiger partial charge >= 0.3 is 0 Å². The molecule has 3 nitrogen and oxygen atoms in total. The number of carbonyl (C=O) groups is 3. The third-order valence-corrected chi connectivity index (χ3v) is 14.9. The number of carbonyl (C=O) groups excluding carboxylic acids is 3. The van der Waals surface area contributed by atoms with Gasteiger partial charge in [0, 0.05) is 28.4 Å².